The second-order valence-corrected chi connectivity index (χ2v) is 3.73. The third-order valence-electron chi connectivity index (χ3n) is 1.91. The average Bonchev–Trinajstić information content (AvgIpc) is 2.15. The predicted octanol–water partition coefficient (Wildman–Crippen LogP) is 1.78. The molecule has 1 rings (SSSR count). The summed E-state index contributed by atoms with van der Waals surface area (Å²) in [7, 11) is 0. The largest absolute Gasteiger partial charge is 0.389 e. The summed E-state index contributed by atoms with van der Waals surface area (Å²) in [5.74, 6) is 0. The number of aryl methyl sites for hydroxylation is 1. The number of aliphatic hydroxyl groups is 2. The van der Waals surface area contributed by atoms with Gasteiger partial charge in [-0.25, -0.2) is 0 Å². The molecule has 0 aromatic heterocycles. The maximum absolute atomic E-state index is 9.63. The van der Waals surface area contributed by atoms with Crippen molar-refractivity contribution in [3.8, 4) is 0 Å². The van der Waals surface area contributed by atoms with Gasteiger partial charge >= 0.3 is 0 Å². The maximum Gasteiger partial charge on any atom is 0.106 e. The van der Waals surface area contributed by atoms with Gasteiger partial charge in [0.25, 0.3) is 0 Å². The molecule has 0 heterocycles. The molecule has 0 fully saturated rings. The van der Waals surface area contributed by atoms with E-state index in [0.29, 0.717) is 5.33 Å². The third kappa shape index (κ3) is 2.79. The molecule has 2 unspecified atom stereocenters. The summed E-state index contributed by atoms with van der Waals surface area (Å²) >= 11 is 3.12. The van der Waals surface area contributed by atoms with Gasteiger partial charge in [-0.3, -0.25) is 0 Å². The van der Waals surface area contributed by atoms with Crippen LogP contribution in [0.25, 0.3) is 0 Å². The highest BCUT2D eigenvalue weighted by atomic mass is 79.9. The quantitative estimate of drug-likeness (QED) is 0.797. The highest BCUT2D eigenvalue weighted by Gasteiger charge is 2.16. The molecule has 0 amide bonds. The van der Waals surface area contributed by atoms with Crippen molar-refractivity contribution >= 4 is 15.9 Å². The molecule has 0 aliphatic rings. The van der Waals surface area contributed by atoms with Crippen molar-refractivity contribution in [2.45, 2.75) is 19.1 Å². The molecule has 0 spiro atoms. The summed E-state index contributed by atoms with van der Waals surface area (Å²) in [4.78, 5) is 0. The lowest BCUT2D eigenvalue weighted by Gasteiger charge is -2.15. The highest BCUT2D eigenvalue weighted by Crippen LogP contribution is 2.18. The van der Waals surface area contributed by atoms with Crippen LogP contribution in [0.15, 0.2) is 24.3 Å². The van der Waals surface area contributed by atoms with Crippen molar-refractivity contribution < 1.29 is 10.2 Å². The lowest BCUT2D eigenvalue weighted by atomic mass is 10.0. The number of alkyl halides is 1. The summed E-state index contributed by atoms with van der Waals surface area (Å²) in [5, 5.41) is 19.4. The number of benzene rings is 1. The fourth-order valence-corrected chi connectivity index (χ4v) is 1.51. The molecule has 13 heavy (non-hydrogen) atoms. The van der Waals surface area contributed by atoms with E-state index >= 15 is 0 Å². The summed E-state index contributed by atoms with van der Waals surface area (Å²) in [6.07, 6.45) is -1.55. The van der Waals surface area contributed by atoms with Crippen molar-refractivity contribution in [1.29, 1.82) is 0 Å². The van der Waals surface area contributed by atoms with Gasteiger partial charge in [0, 0.05) is 5.33 Å². The van der Waals surface area contributed by atoms with E-state index in [4.69, 9.17) is 0 Å². The lowest BCUT2D eigenvalue weighted by Crippen LogP contribution is -2.19. The normalized spacial score (nSPS) is 15.4. The minimum absolute atomic E-state index is 0.377. The van der Waals surface area contributed by atoms with Crippen LogP contribution in [0, 0.1) is 6.92 Å². The topological polar surface area (TPSA) is 40.5 Å². The first-order valence-electron chi connectivity index (χ1n) is 4.14. The van der Waals surface area contributed by atoms with E-state index in [0.717, 1.165) is 11.1 Å². The van der Waals surface area contributed by atoms with Crippen molar-refractivity contribution in [3.63, 3.8) is 0 Å². The van der Waals surface area contributed by atoms with Gasteiger partial charge in [-0.15, -0.1) is 0 Å². The molecule has 1 aromatic rings. The first-order chi connectivity index (χ1) is 6.15. The average molecular weight is 245 g/mol. The fraction of sp³-hybridized carbons (Fsp3) is 0.400. The van der Waals surface area contributed by atoms with E-state index in [1.54, 1.807) is 0 Å². The van der Waals surface area contributed by atoms with Gasteiger partial charge in [0.1, 0.15) is 6.10 Å². The van der Waals surface area contributed by atoms with Crippen LogP contribution in [0.4, 0.5) is 0 Å². The molecule has 72 valence electrons. The summed E-state index contributed by atoms with van der Waals surface area (Å²) < 4.78 is 0. The van der Waals surface area contributed by atoms with E-state index in [9.17, 15) is 10.2 Å². The van der Waals surface area contributed by atoms with E-state index in [1.807, 2.05) is 31.2 Å². The number of hydrogen-bond donors (Lipinski definition) is 2. The zero-order valence-corrected chi connectivity index (χ0v) is 9.03. The Morgan fingerprint density at radius 3 is 2.62 bits per heavy atom. The molecule has 2 atom stereocenters. The SMILES string of the molecule is Cc1cccc(C(O)C(O)CBr)c1. The molecule has 0 bridgehead atoms. The number of hydrogen-bond acceptors (Lipinski definition) is 2. The van der Waals surface area contributed by atoms with Crippen LogP contribution in [0.3, 0.4) is 0 Å². The van der Waals surface area contributed by atoms with Crippen LogP contribution in [0.5, 0.6) is 0 Å². The van der Waals surface area contributed by atoms with Gasteiger partial charge in [0.05, 0.1) is 6.10 Å². The third-order valence-corrected chi connectivity index (χ3v) is 2.57. The Labute approximate surface area is 86.3 Å². The van der Waals surface area contributed by atoms with E-state index in [-0.39, 0.29) is 0 Å². The molecular weight excluding hydrogens is 232 g/mol. The number of rotatable bonds is 3. The molecule has 2 N–H and O–H groups in total. The minimum Gasteiger partial charge on any atom is -0.389 e. The van der Waals surface area contributed by atoms with Gasteiger partial charge in [0.2, 0.25) is 0 Å². The monoisotopic (exact) mass is 244 g/mol. The highest BCUT2D eigenvalue weighted by molar-refractivity contribution is 9.09. The zero-order valence-electron chi connectivity index (χ0n) is 7.44. The Morgan fingerprint density at radius 2 is 2.08 bits per heavy atom. The van der Waals surface area contributed by atoms with Crippen molar-refractivity contribution in [2.75, 3.05) is 5.33 Å². The molecule has 2 nitrogen and oxygen atoms in total. The molecule has 0 saturated heterocycles. The Morgan fingerprint density at radius 1 is 1.38 bits per heavy atom. The Balaban J connectivity index is 2.82. The first kappa shape index (κ1) is 10.7. The summed E-state index contributed by atoms with van der Waals surface area (Å²) in [6, 6.07) is 7.51. The first-order valence-corrected chi connectivity index (χ1v) is 5.26. The van der Waals surface area contributed by atoms with Crippen molar-refractivity contribution in [3.05, 3.63) is 35.4 Å². The number of aliphatic hydroxyl groups excluding tert-OH is 2. The fourth-order valence-electron chi connectivity index (χ4n) is 1.16. The standard InChI is InChI=1S/C10H13BrO2/c1-7-3-2-4-8(5-7)10(13)9(12)6-11/h2-5,9-10,12-13H,6H2,1H3. The maximum atomic E-state index is 9.63. The Bertz CT molecular complexity index is 275. The molecular formula is C10H13BrO2. The van der Waals surface area contributed by atoms with Crippen LogP contribution in [0.1, 0.15) is 17.2 Å². The second-order valence-electron chi connectivity index (χ2n) is 3.08. The van der Waals surface area contributed by atoms with Crippen LogP contribution >= 0.6 is 15.9 Å². The molecule has 0 saturated carbocycles. The zero-order chi connectivity index (χ0) is 9.84. The number of halogens is 1. The molecule has 3 heteroatoms. The van der Waals surface area contributed by atoms with Gasteiger partial charge in [-0.05, 0) is 12.5 Å². The molecule has 1 aromatic carbocycles. The van der Waals surface area contributed by atoms with E-state index in [2.05, 4.69) is 15.9 Å². The predicted molar refractivity (Wildman–Crippen MR) is 55.9 cm³/mol. The summed E-state index contributed by atoms with van der Waals surface area (Å²) in [6.45, 7) is 1.96. The van der Waals surface area contributed by atoms with Gasteiger partial charge < -0.3 is 10.2 Å². The van der Waals surface area contributed by atoms with Crippen LogP contribution in [-0.4, -0.2) is 21.6 Å². The Kier molecular flexibility index (Phi) is 3.90. The lowest BCUT2D eigenvalue weighted by molar-refractivity contribution is 0.0342. The van der Waals surface area contributed by atoms with Gasteiger partial charge in [-0.2, -0.15) is 0 Å². The molecule has 0 aliphatic heterocycles. The molecule has 0 aliphatic carbocycles. The van der Waals surface area contributed by atoms with Crippen molar-refractivity contribution in [2.24, 2.45) is 0 Å². The molecule has 0 radical (unpaired) electrons. The van der Waals surface area contributed by atoms with Crippen molar-refractivity contribution in [1.82, 2.24) is 0 Å². The summed E-state index contributed by atoms with van der Waals surface area (Å²) in [5.41, 5.74) is 1.84. The Hall–Kier alpha value is -0.380. The van der Waals surface area contributed by atoms with Gasteiger partial charge in [0.15, 0.2) is 0 Å². The van der Waals surface area contributed by atoms with Crippen LogP contribution < -0.4 is 0 Å². The van der Waals surface area contributed by atoms with E-state index < -0.39 is 12.2 Å². The van der Waals surface area contributed by atoms with E-state index in [1.165, 1.54) is 0 Å². The minimum atomic E-state index is -0.806. The smallest absolute Gasteiger partial charge is 0.106 e. The van der Waals surface area contributed by atoms with Crippen LogP contribution in [-0.2, 0) is 0 Å². The second kappa shape index (κ2) is 4.74. The van der Waals surface area contributed by atoms with Gasteiger partial charge in [-0.1, -0.05) is 45.8 Å². The van der Waals surface area contributed by atoms with Crippen LogP contribution in [0.2, 0.25) is 0 Å².